The highest BCUT2D eigenvalue weighted by Gasteiger charge is 2.35. The molecule has 1 heterocycles. The maximum absolute atomic E-state index is 13.0. The van der Waals surface area contributed by atoms with E-state index < -0.39 is 11.9 Å². The van der Waals surface area contributed by atoms with Crippen molar-refractivity contribution in [3.8, 4) is 5.75 Å². The van der Waals surface area contributed by atoms with Crippen LogP contribution >= 0.6 is 27.7 Å². The van der Waals surface area contributed by atoms with Crippen molar-refractivity contribution in [1.82, 2.24) is 4.90 Å². The highest BCUT2D eigenvalue weighted by Crippen LogP contribution is 2.34. The van der Waals surface area contributed by atoms with E-state index in [9.17, 15) is 18.8 Å². The van der Waals surface area contributed by atoms with Gasteiger partial charge in [-0.2, -0.15) is 0 Å². The monoisotopic (exact) mass is 479 g/mol. The van der Waals surface area contributed by atoms with Crippen LogP contribution in [0.5, 0.6) is 5.75 Å². The number of amides is 2. The lowest BCUT2D eigenvalue weighted by Gasteiger charge is -2.12. The number of carbonyl (C=O) groups is 3. The maximum Gasteiger partial charge on any atom is 0.343 e. The van der Waals surface area contributed by atoms with E-state index in [-0.39, 0.29) is 29.1 Å². The molecule has 0 spiro atoms. The topological polar surface area (TPSA) is 72.9 Å². The molecule has 1 fully saturated rings. The van der Waals surface area contributed by atoms with Crippen molar-refractivity contribution in [3.63, 3.8) is 0 Å². The minimum Gasteiger partial charge on any atom is -0.481 e. The number of hydrogen-bond donors (Lipinski definition) is 0. The number of thioether (sulfide) groups is 1. The Hall–Kier alpha value is -2.65. The zero-order chi connectivity index (χ0) is 21.0. The van der Waals surface area contributed by atoms with E-state index in [1.807, 2.05) is 0 Å². The van der Waals surface area contributed by atoms with Crippen LogP contribution in [0.1, 0.15) is 11.1 Å². The van der Waals surface area contributed by atoms with Gasteiger partial charge in [-0.1, -0.05) is 18.2 Å². The van der Waals surface area contributed by atoms with Gasteiger partial charge in [0.25, 0.3) is 11.1 Å². The number of halogens is 2. The van der Waals surface area contributed by atoms with Gasteiger partial charge in [0.2, 0.25) is 0 Å². The van der Waals surface area contributed by atoms with E-state index in [1.54, 1.807) is 24.3 Å². The summed E-state index contributed by atoms with van der Waals surface area (Å²) in [6, 6.07) is 10.7. The fourth-order valence-corrected chi connectivity index (χ4v) is 3.83. The number of esters is 1. The molecule has 3 rings (SSSR count). The van der Waals surface area contributed by atoms with Crippen LogP contribution < -0.4 is 4.74 Å². The van der Waals surface area contributed by atoms with Crippen molar-refractivity contribution in [2.24, 2.45) is 0 Å². The molecule has 150 valence electrons. The molecule has 2 amide bonds. The van der Waals surface area contributed by atoms with Gasteiger partial charge in [0.1, 0.15) is 11.6 Å². The Labute approximate surface area is 178 Å². The molecule has 0 bridgehead atoms. The van der Waals surface area contributed by atoms with Crippen molar-refractivity contribution in [3.05, 3.63) is 68.8 Å². The zero-order valence-corrected chi connectivity index (χ0v) is 17.6. The molecule has 0 atom stereocenters. The van der Waals surface area contributed by atoms with E-state index in [4.69, 9.17) is 4.74 Å². The first kappa shape index (κ1) is 21.1. The highest BCUT2D eigenvalue weighted by atomic mass is 79.9. The maximum atomic E-state index is 13.0. The molecule has 1 saturated heterocycles. The van der Waals surface area contributed by atoms with Crippen molar-refractivity contribution in [2.75, 3.05) is 13.7 Å². The van der Waals surface area contributed by atoms with Gasteiger partial charge in [0.05, 0.1) is 23.0 Å². The van der Waals surface area contributed by atoms with Gasteiger partial charge >= 0.3 is 5.97 Å². The third-order valence-electron chi connectivity index (χ3n) is 3.95. The predicted molar refractivity (Wildman–Crippen MR) is 110 cm³/mol. The van der Waals surface area contributed by atoms with Gasteiger partial charge in [0.15, 0.2) is 6.61 Å². The smallest absolute Gasteiger partial charge is 0.343 e. The lowest BCUT2D eigenvalue weighted by Crippen LogP contribution is -2.27. The first-order valence-electron chi connectivity index (χ1n) is 8.36. The van der Waals surface area contributed by atoms with Crippen LogP contribution in [-0.2, 0) is 20.9 Å². The second kappa shape index (κ2) is 9.23. The summed E-state index contributed by atoms with van der Waals surface area (Å²) in [6.07, 6.45) is 1.60. The summed E-state index contributed by atoms with van der Waals surface area (Å²) >= 11 is 4.19. The van der Waals surface area contributed by atoms with Gasteiger partial charge in [-0.05, 0) is 69.2 Å². The van der Waals surface area contributed by atoms with Crippen LogP contribution in [-0.4, -0.2) is 35.7 Å². The van der Waals surface area contributed by atoms with Crippen LogP contribution in [0.2, 0.25) is 0 Å². The predicted octanol–water partition coefficient (Wildman–Crippen LogP) is 4.38. The summed E-state index contributed by atoms with van der Waals surface area (Å²) in [6.45, 7) is -0.150. The van der Waals surface area contributed by atoms with Crippen LogP contribution in [0.25, 0.3) is 6.08 Å². The average Bonchev–Trinajstić information content (AvgIpc) is 2.96. The summed E-state index contributed by atoms with van der Waals surface area (Å²) < 4.78 is 23.5. The third kappa shape index (κ3) is 5.24. The lowest BCUT2D eigenvalue weighted by atomic mass is 10.2. The molecule has 0 saturated carbocycles. The highest BCUT2D eigenvalue weighted by molar-refractivity contribution is 9.10. The SMILES string of the molecule is COC(=O)COc1ccc(/C=C2/SC(=O)N(Cc3ccc(F)cc3)C2=O)cc1Br. The summed E-state index contributed by atoms with van der Waals surface area (Å²) in [5.41, 5.74) is 1.33. The number of imide groups is 1. The molecule has 2 aromatic rings. The Morgan fingerprint density at radius 3 is 2.59 bits per heavy atom. The summed E-state index contributed by atoms with van der Waals surface area (Å²) in [4.78, 5) is 37.4. The van der Waals surface area contributed by atoms with Crippen molar-refractivity contribution < 1.29 is 28.2 Å². The van der Waals surface area contributed by atoms with Gasteiger partial charge in [-0.3, -0.25) is 14.5 Å². The Morgan fingerprint density at radius 1 is 1.21 bits per heavy atom. The Kier molecular flexibility index (Phi) is 6.71. The molecule has 0 radical (unpaired) electrons. The van der Waals surface area contributed by atoms with Gasteiger partial charge in [-0.25, -0.2) is 9.18 Å². The van der Waals surface area contributed by atoms with Crippen molar-refractivity contribution in [2.45, 2.75) is 6.54 Å². The molecule has 0 unspecified atom stereocenters. The fourth-order valence-electron chi connectivity index (χ4n) is 2.48. The molecule has 0 aromatic heterocycles. The number of rotatable bonds is 6. The van der Waals surface area contributed by atoms with Crippen molar-refractivity contribution in [1.29, 1.82) is 0 Å². The number of methoxy groups -OCH3 is 1. The van der Waals surface area contributed by atoms with E-state index in [0.29, 0.717) is 21.3 Å². The van der Waals surface area contributed by atoms with Gasteiger partial charge in [-0.15, -0.1) is 0 Å². The standard InChI is InChI=1S/C20H15BrFNO5S/c1-27-18(24)11-28-16-7-4-13(8-15(16)21)9-17-19(25)23(20(26)29-17)10-12-2-5-14(22)6-3-12/h2-9H,10-11H2,1H3/b17-9+. The molecule has 9 heteroatoms. The molecule has 1 aliphatic rings. The largest absolute Gasteiger partial charge is 0.481 e. The van der Waals surface area contributed by atoms with Crippen molar-refractivity contribution >= 4 is 50.9 Å². The second-order valence-electron chi connectivity index (χ2n) is 5.95. The van der Waals surface area contributed by atoms with Crippen LogP contribution in [0.4, 0.5) is 9.18 Å². The normalized spacial score (nSPS) is 15.1. The summed E-state index contributed by atoms with van der Waals surface area (Å²) in [5.74, 6) is -0.855. The Balaban J connectivity index is 1.72. The lowest BCUT2D eigenvalue weighted by molar-refractivity contribution is -0.142. The van der Waals surface area contributed by atoms with Crippen LogP contribution in [0.15, 0.2) is 51.8 Å². The van der Waals surface area contributed by atoms with E-state index in [0.717, 1.165) is 16.7 Å². The number of nitrogens with zero attached hydrogens (tertiary/aromatic N) is 1. The molecule has 0 N–H and O–H groups in total. The second-order valence-corrected chi connectivity index (χ2v) is 7.80. The average molecular weight is 480 g/mol. The van der Waals surface area contributed by atoms with E-state index >= 15 is 0 Å². The fraction of sp³-hybridized carbons (Fsp3) is 0.150. The zero-order valence-electron chi connectivity index (χ0n) is 15.2. The minimum atomic E-state index is -0.504. The van der Waals surface area contributed by atoms with Crippen LogP contribution in [0, 0.1) is 5.82 Å². The third-order valence-corrected chi connectivity index (χ3v) is 5.48. The quantitative estimate of drug-likeness (QED) is 0.452. The summed E-state index contributed by atoms with van der Waals surface area (Å²) in [5, 5.41) is -0.386. The molecule has 0 aliphatic carbocycles. The first-order chi connectivity index (χ1) is 13.9. The molecule has 1 aliphatic heterocycles. The van der Waals surface area contributed by atoms with Gasteiger partial charge < -0.3 is 9.47 Å². The Morgan fingerprint density at radius 2 is 1.93 bits per heavy atom. The molecular formula is C20H15BrFNO5S. The van der Waals surface area contributed by atoms with Crippen LogP contribution in [0.3, 0.4) is 0 Å². The number of ether oxygens (including phenoxy) is 2. The van der Waals surface area contributed by atoms with E-state index in [2.05, 4.69) is 20.7 Å². The molecule has 29 heavy (non-hydrogen) atoms. The number of carbonyl (C=O) groups excluding carboxylic acids is 3. The number of benzene rings is 2. The minimum absolute atomic E-state index is 0.0757. The summed E-state index contributed by atoms with van der Waals surface area (Å²) in [7, 11) is 1.27. The molecule has 6 nitrogen and oxygen atoms in total. The first-order valence-corrected chi connectivity index (χ1v) is 9.97. The molecule has 2 aromatic carbocycles. The molecular weight excluding hydrogens is 465 g/mol. The Bertz CT molecular complexity index is 993. The van der Waals surface area contributed by atoms with E-state index in [1.165, 1.54) is 31.4 Å². The number of hydrogen-bond acceptors (Lipinski definition) is 6. The van der Waals surface area contributed by atoms with Gasteiger partial charge in [0, 0.05) is 0 Å².